The normalized spacial score (nSPS) is 13.8. The number of aryl methyl sites for hydroxylation is 1. The highest BCUT2D eigenvalue weighted by molar-refractivity contribution is 7.89. The molecule has 0 spiro atoms. The maximum Gasteiger partial charge on any atom is 0.327 e. The molecule has 0 saturated heterocycles. The van der Waals surface area contributed by atoms with Gasteiger partial charge in [-0.15, -0.1) is 0 Å². The Morgan fingerprint density at radius 3 is 2.42 bits per heavy atom. The molecule has 140 valence electrons. The van der Waals surface area contributed by atoms with E-state index in [9.17, 15) is 23.1 Å². The van der Waals surface area contributed by atoms with Gasteiger partial charge in [-0.05, 0) is 38.1 Å². The number of aliphatic hydroxyl groups is 1. The Kier molecular flexibility index (Phi) is 6.30. The molecule has 26 heavy (non-hydrogen) atoms. The van der Waals surface area contributed by atoms with Crippen molar-refractivity contribution in [1.29, 1.82) is 0 Å². The predicted molar refractivity (Wildman–Crippen MR) is 93.1 cm³/mol. The molecule has 8 nitrogen and oxygen atoms in total. The first-order chi connectivity index (χ1) is 12.2. The Morgan fingerprint density at radius 1 is 1.23 bits per heavy atom. The van der Waals surface area contributed by atoms with Gasteiger partial charge in [0, 0.05) is 6.20 Å². The highest BCUT2D eigenvalue weighted by atomic mass is 32.2. The van der Waals surface area contributed by atoms with Gasteiger partial charge in [0.2, 0.25) is 15.8 Å². The van der Waals surface area contributed by atoms with Crippen LogP contribution < -0.4 is 4.72 Å². The lowest BCUT2D eigenvalue weighted by atomic mass is 10.2. The molecule has 2 aromatic rings. The van der Waals surface area contributed by atoms with Crippen molar-refractivity contribution in [3.05, 3.63) is 53.9 Å². The van der Waals surface area contributed by atoms with E-state index in [0.29, 0.717) is 0 Å². The summed E-state index contributed by atoms with van der Waals surface area (Å²) >= 11 is 0. The van der Waals surface area contributed by atoms with Crippen LogP contribution in [0.5, 0.6) is 0 Å². The van der Waals surface area contributed by atoms with Crippen LogP contribution in [0.1, 0.15) is 23.0 Å². The molecule has 1 aromatic carbocycles. The highest BCUT2D eigenvalue weighted by Gasteiger charge is 2.31. The zero-order valence-corrected chi connectivity index (χ0v) is 15.1. The number of ketones is 1. The van der Waals surface area contributed by atoms with Crippen LogP contribution in [0.2, 0.25) is 0 Å². The molecule has 2 atom stereocenters. The van der Waals surface area contributed by atoms with Crippen LogP contribution in [0.25, 0.3) is 0 Å². The van der Waals surface area contributed by atoms with Crippen molar-refractivity contribution in [2.45, 2.75) is 30.9 Å². The largest absolute Gasteiger partial charge is 0.456 e. The van der Waals surface area contributed by atoms with Gasteiger partial charge >= 0.3 is 5.97 Å². The molecule has 0 aliphatic heterocycles. The number of hydrogen-bond donors (Lipinski definition) is 3. The van der Waals surface area contributed by atoms with E-state index in [1.807, 2.05) is 0 Å². The number of carbonyl (C=O) groups excluding carboxylic acids is 2. The van der Waals surface area contributed by atoms with E-state index in [1.165, 1.54) is 25.1 Å². The number of benzene rings is 1. The average Bonchev–Trinajstić information content (AvgIpc) is 3.12. The first kappa shape index (κ1) is 19.8. The topological polar surface area (TPSA) is 126 Å². The zero-order chi connectivity index (χ0) is 19.3. The lowest BCUT2D eigenvalue weighted by Gasteiger charge is -2.20. The molecular formula is C17H20N2O6S. The molecule has 9 heteroatoms. The lowest BCUT2D eigenvalue weighted by Crippen LogP contribution is -2.48. The van der Waals surface area contributed by atoms with Crippen LogP contribution in [0.4, 0.5) is 0 Å². The third kappa shape index (κ3) is 5.01. The van der Waals surface area contributed by atoms with Crippen molar-refractivity contribution in [1.82, 2.24) is 9.71 Å². The fourth-order valence-corrected chi connectivity index (χ4v) is 3.36. The summed E-state index contributed by atoms with van der Waals surface area (Å²) in [5, 5.41) is 9.77. The molecule has 0 radical (unpaired) electrons. The highest BCUT2D eigenvalue weighted by Crippen LogP contribution is 2.12. The molecule has 2 rings (SSSR count). The van der Waals surface area contributed by atoms with Crippen LogP contribution in [0.3, 0.4) is 0 Å². The number of rotatable bonds is 8. The van der Waals surface area contributed by atoms with Crippen LogP contribution in [-0.2, 0) is 19.6 Å². The van der Waals surface area contributed by atoms with Crippen LogP contribution in [-0.4, -0.2) is 49.0 Å². The summed E-state index contributed by atoms with van der Waals surface area (Å²) in [5.74, 6) is -1.52. The van der Waals surface area contributed by atoms with E-state index < -0.39 is 40.5 Å². The molecule has 1 aromatic heterocycles. The third-order valence-corrected chi connectivity index (χ3v) is 5.05. The van der Waals surface area contributed by atoms with Gasteiger partial charge in [-0.25, -0.2) is 8.42 Å². The molecule has 0 amide bonds. The number of H-pyrrole nitrogens is 1. The summed E-state index contributed by atoms with van der Waals surface area (Å²) in [5.41, 5.74) is 1.13. The van der Waals surface area contributed by atoms with Gasteiger partial charge < -0.3 is 14.8 Å². The van der Waals surface area contributed by atoms with E-state index in [0.717, 1.165) is 5.56 Å². The standard InChI is InChI=1S/C17H20N2O6S/c1-11-5-7-13(8-6-11)26(23,24)19-16(12(2)20)17(22)25-10-15(21)14-4-3-9-18-14/h3-9,12,16,18-20H,10H2,1-2H3/t12-,16-/m1/s1. The number of sulfonamides is 1. The van der Waals surface area contributed by atoms with E-state index in [-0.39, 0.29) is 10.6 Å². The summed E-state index contributed by atoms with van der Waals surface area (Å²) < 4.78 is 31.7. The monoisotopic (exact) mass is 380 g/mol. The van der Waals surface area contributed by atoms with Crippen molar-refractivity contribution in [2.75, 3.05) is 6.61 Å². The predicted octanol–water partition coefficient (Wildman–Crippen LogP) is 0.777. The molecule has 0 bridgehead atoms. The van der Waals surface area contributed by atoms with Gasteiger partial charge in [-0.2, -0.15) is 4.72 Å². The van der Waals surface area contributed by atoms with Crippen molar-refractivity contribution in [2.24, 2.45) is 0 Å². The number of nitrogens with one attached hydrogen (secondary N) is 2. The molecule has 0 fully saturated rings. The van der Waals surface area contributed by atoms with Gasteiger partial charge in [0.25, 0.3) is 0 Å². The van der Waals surface area contributed by atoms with Gasteiger partial charge in [-0.1, -0.05) is 17.7 Å². The minimum Gasteiger partial charge on any atom is -0.456 e. The molecular weight excluding hydrogens is 360 g/mol. The van der Waals surface area contributed by atoms with Gasteiger partial charge in [0.15, 0.2) is 6.61 Å². The molecule has 0 aliphatic carbocycles. The Labute approximate surface area is 151 Å². The second-order valence-electron chi connectivity index (χ2n) is 5.77. The maximum absolute atomic E-state index is 12.4. The molecule has 0 unspecified atom stereocenters. The number of aliphatic hydroxyl groups excluding tert-OH is 1. The van der Waals surface area contributed by atoms with Crippen molar-refractivity contribution < 1.29 is 27.9 Å². The summed E-state index contributed by atoms with van der Waals surface area (Å²) in [6.45, 7) is 2.48. The summed E-state index contributed by atoms with van der Waals surface area (Å²) in [6, 6.07) is 7.58. The van der Waals surface area contributed by atoms with Crippen LogP contribution in [0, 0.1) is 6.92 Å². The number of hydrogen-bond acceptors (Lipinski definition) is 6. The fraction of sp³-hybridized carbons (Fsp3) is 0.294. The number of aromatic amines is 1. The number of ether oxygens (including phenoxy) is 1. The number of aromatic nitrogens is 1. The second kappa shape index (κ2) is 8.26. The Morgan fingerprint density at radius 2 is 1.88 bits per heavy atom. The van der Waals surface area contributed by atoms with E-state index >= 15 is 0 Å². The Balaban J connectivity index is 2.06. The van der Waals surface area contributed by atoms with Crippen LogP contribution >= 0.6 is 0 Å². The van der Waals surface area contributed by atoms with Crippen molar-refractivity contribution in [3.63, 3.8) is 0 Å². The van der Waals surface area contributed by atoms with Gasteiger partial charge in [-0.3, -0.25) is 9.59 Å². The molecule has 0 aliphatic rings. The van der Waals surface area contributed by atoms with Crippen molar-refractivity contribution >= 4 is 21.8 Å². The number of esters is 1. The summed E-state index contributed by atoms with van der Waals surface area (Å²) in [4.78, 5) is 26.6. The second-order valence-corrected chi connectivity index (χ2v) is 7.48. The van der Waals surface area contributed by atoms with Gasteiger partial charge in [0.1, 0.15) is 6.04 Å². The minimum absolute atomic E-state index is 0.0518. The zero-order valence-electron chi connectivity index (χ0n) is 14.3. The summed E-state index contributed by atoms with van der Waals surface area (Å²) in [6.07, 6.45) is 0.187. The minimum atomic E-state index is -4.05. The van der Waals surface area contributed by atoms with E-state index in [1.54, 1.807) is 31.3 Å². The van der Waals surface area contributed by atoms with Crippen LogP contribution in [0.15, 0.2) is 47.5 Å². The average molecular weight is 380 g/mol. The SMILES string of the molecule is Cc1ccc(S(=O)(=O)N[C@@H](C(=O)OCC(=O)c2ccc[nH]2)[C@@H](C)O)cc1. The van der Waals surface area contributed by atoms with E-state index in [2.05, 4.69) is 9.71 Å². The van der Waals surface area contributed by atoms with Crippen molar-refractivity contribution in [3.8, 4) is 0 Å². The molecule has 0 saturated carbocycles. The van der Waals surface area contributed by atoms with E-state index in [4.69, 9.17) is 4.74 Å². The maximum atomic E-state index is 12.4. The summed E-state index contributed by atoms with van der Waals surface area (Å²) in [7, 11) is -4.05. The Bertz CT molecular complexity index is 857. The molecule has 3 N–H and O–H groups in total. The quantitative estimate of drug-likeness (QED) is 0.459. The third-order valence-electron chi connectivity index (χ3n) is 3.59. The first-order valence-electron chi connectivity index (χ1n) is 7.81. The fourth-order valence-electron chi connectivity index (χ4n) is 2.10. The number of Topliss-reactive ketones (excluding diaryl/α,β-unsaturated/α-hetero) is 1. The first-order valence-corrected chi connectivity index (χ1v) is 9.29. The number of carbonyl (C=O) groups is 2. The van der Waals surface area contributed by atoms with Gasteiger partial charge in [0.05, 0.1) is 16.7 Å². The smallest absolute Gasteiger partial charge is 0.327 e. The molecule has 1 heterocycles. The lowest BCUT2D eigenvalue weighted by molar-refractivity contribution is -0.147. The Hall–Kier alpha value is -2.49.